The van der Waals surface area contributed by atoms with Gasteiger partial charge in [-0.25, -0.2) is 13.2 Å². The molecule has 94 valence electrons. The standard InChI is InChI=1S/C12H14F3NO/c13-3-4-17-10-2-1-9(14)12(15)11(10)8-5-7(8)6-16/h1-2,7-8H,3-6,16H2. The van der Waals surface area contributed by atoms with Gasteiger partial charge in [0.2, 0.25) is 0 Å². The van der Waals surface area contributed by atoms with Gasteiger partial charge >= 0.3 is 0 Å². The lowest BCUT2D eigenvalue weighted by molar-refractivity contribution is 0.268. The molecule has 2 unspecified atom stereocenters. The van der Waals surface area contributed by atoms with Crippen molar-refractivity contribution in [3.63, 3.8) is 0 Å². The van der Waals surface area contributed by atoms with Gasteiger partial charge in [-0.2, -0.15) is 0 Å². The number of nitrogens with two attached hydrogens (primary N) is 1. The number of halogens is 3. The van der Waals surface area contributed by atoms with E-state index in [0.717, 1.165) is 12.5 Å². The van der Waals surface area contributed by atoms with Crippen LogP contribution in [0.5, 0.6) is 5.75 Å². The van der Waals surface area contributed by atoms with Gasteiger partial charge in [-0.05, 0) is 36.9 Å². The molecule has 2 atom stereocenters. The van der Waals surface area contributed by atoms with E-state index in [0.29, 0.717) is 6.54 Å². The van der Waals surface area contributed by atoms with Crippen LogP contribution in [-0.2, 0) is 0 Å². The molecule has 0 aliphatic heterocycles. The van der Waals surface area contributed by atoms with E-state index in [2.05, 4.69) is 0 Å². The van der Waals surface area contributed by atoms with Crippen LogP contribution in [0.1, 0.15) is 17.9 Å². The van der Waals surface area contributed by atoms with Gasteiger partial charge in [-0.3, -0.25) is 0 Å². The molecule has 1 aliphatic carbocycles. The highest BCUT2D eigenvalue weighted by atomic mass is 19.2. The number of rotatable bonds is 5. The summed E-state index contributed by atoms with van der Waals surface area (Å²) in [5, 5.41) is 0. The van der Waals surface area contributed by atoms with Gasteiger partial charge in [0.15, 0.2) is 11.6 Å². The second-order valence-corrected chi connectivity index (χ2v) is 4.15. The molecule has 0 aromatic heterocycles. The molecule has 0 amide bonds. The maximum Gasteiger partial charge on any atom is 0.165 e. The van der Waals surface area contributed by atoms with Crippen molar-refractivity contribution in [3.05, 3.63) is 29.3 Å². The zero-order valence-corrected chi connectivity index (χ0v) is 9.26. The first kappa shape index (κ1) is 12.2. The number of benzene rings is 1. The molecule has 1 aliphatic rings. The maximum absolute atomic E-state index is 13.7. The Morgan fingerprint density at radius 1 is 1.35 bits per heavy atom. The molecule has 2 N–H and O–H groups in total. The second kappa shape index (κ2) is 4.96. The minimum atomic E-state index is -0.907. The first-order chi connectivity index (χ1) is 8.19. The van der Waals surface area contributed by atoms with Crippen LogP contribution >= 0.6 is 0 Å². The Kier molecular flexibility index (Phi) is 3.57. The third-order valence-electron chi connectivity index (χ3n) is 3.02. The van der Waals surface area contributed by atoms with Crippen molar-refractivity contribution in [3.8, 4) is 5.75 Å². The number of alkyl halides is 1. The molecule has 0 saturated heterocycles. The lowest BCUT2D eigenvalue weighted by Crippen LogP contribution is -2.07. The Labute approximate surface area is 97.6 Å². The molecule has 0 radical (unpaired) electrons. The van der Waals surface area contributed by atoms with Crippen molar-refractivity contribution in [2.24, 2.45) is 11.7 Å². The van der Waals surface area contributed by atoms with Crippen LogP contribution in [0.4, 0.5) is 13.2 Å². The molecule has 0 bridgehead atoms. The maximum atomic E-state index is 13.7. The van der Waals surface area contributed by atoms with E-state index in [1.807, 2.05) is 0 Å². The van der Waals surface area contributed by atoms with Crippen LogP contribution in [0.15, 0.2) is 12.1 Å². The Hall–Kier alpha value is -1.23. The van der Waals surface area contributed by atoms with Crippen molar-refractivity contribution in [1.82, 2.24) is 0 Å². The average Bonchev–Trinajstić information content (AvgIpc) is 3.09. The van der Waals surface area contributed by atoms with Crippen LogP contribution < -0.4 is 10.5 Å². The zero-order chi connectivity index (χ0) is 12.4. The molecule has 0 heterocycles. The van der Waals surface area contributed by atoms with Crippen molar-refractivity contribution in [2.75, 3.05) is 19.8 Å². The molecular weight excluding hydrogens is 231 g/mol. The van der Waals surface area contributed by atoms with E-state index in [4.69, 9.17) is 10.5 Å². The third-order valence-corrected chi connectivity index (χ3v) is 3.02. The topological polar surface area (TPSA) is 35.2 Å². The van der Waals surface area contributed by atoms with Crippen LogP contribution in [0.25, 0.3) is 0 Å². The minimum Gasteiger partial charge on any atom is -0.490 e. The molecule has 1 aromatic rings. The molecule has 5 heteroatoms. The van der Waals surface area contributed by atoms with Gasteiger partial charge in [0.05, 0.1) is 0 Å². The predicted molar refractivity (Wildman–Crippen MR) is 57.7 cm³/mol. The quantitative estimate of drug-likeness (QED) is 0.864. The van der Waals surface area contributed by atoms with E-state index >= 15 is 0 Å². The van der Waals surface area contributed by atoms with Gasteiger partial charge in [-0.1, -0.05) is 0 Å². The minimum absolute atomic E-state index is 0.106. The molecule has 0 spiro atoms. The second-order valence-electron chi connectivity index (χ2n) is 4.15. The first-order valence-corrected chi connectivity index (χ1v) is 5.55. The summed E-state index contributed by atoms with van der Waals surface area (Å²) in [6.45, 7) is -0.384. The average molecular weight is 245 g/mol. The number of hydrogen-bond donors (Lipinski definition) is 1. The third kappa shape index (κ3) is 2.39. The van der Waals surface area contributed by atoms with Crippen molar-refractivity contribution in [2.45, 2.75) is 12.3 Å². The number of ether oxygens (including phenoxy) is 1. The van der Waals surface area contributed by atoms with E-state index < -0.39 is 18.3 Å². The smallest absolute Gasteiger partial charge is 0.165 e. The fraction of sp³-hybridized carbons (Fsp3) is 0.500. The Morgan fingerprint density at radius 2 is 2.12 bits per heavy atom. The highest BCUT2D eigenvalue weighted by molar-refractivity contribution is 5.41. The summed E-state index contributed by atoms with van der Waals surface area (Å²) in [6, 6.07) is 2.33. The van der Waals surface area contributed by atoms with Crippen molar-refractivity contribution >= 4 is 0 Å². The van der Waals surface area contributed by atoms with E-state index in [1.165, 1.54) is 6.07 Å². The summed E-state index contributed by atoms with van der Waals surface area (Å²) in [5.41, 5.74) is 5.69. The van der Waals surface area contributed by atoms with E-state index in [9.17, 15) is 13.2 Å². The van der Waals surface area contributed by atoms with Crippen LogP contribution in [-0.4, -0.2) is 19.8 Å². The van der Waals surface area contributed by atoms with Crippen molar-refractivity contribution < 1.29 is 17.9 Å². The zero-order valence-electron chi connectivity index (χ0n) is 9.26. The molecular formula is C12H14F3NO. The van der Waals surface area contributed by atoms with E-state index in [1.54, 1.807) is 0 Å². The largest absolute Gasteiger partial charge is 0.490 e. The van der Waals surface area contributed by atoms with Crippen LogP contribution in [0.2, 0.25) is 0 Å². The van der Waals surface area contributed by atoms with E-state index in [-0.39, 0.29) is 29.8 Å². The molecule has 2 rings (SSSR count). The summed E-state index contributed by atoms with van der Waals surface area (Å²) in [7, 11) is 0. The van der Waals surface area contributed by atoms with Gasteiger partial charge in [0, 0.05) is 5.56 Å². The van der Waals surface area contributed by atoms with Gasteiger partial charge in [-0.15, -0.1) is 0 Å². The summed E-state index contributed by atoms with van der Waals surface area (Å²) in [5.74, 6) is -1.52. The molecule has 1 fully saturated rings. The lowest BCUT2D eigenvalue weighted by Gasteiger charge is -2.11. The Morgan fingerprint density at radius 3 is 2.71 bits per heavy atom. The monoisotopic (exact) mass is 245 g/mol. The summed E-state index contributed by atoms with van der Waals surface area (Å²) >= 11 is 0. The molecule has 1 saturated carbocycles. The van der Waals surface area contributed by atoms with Gasteiger partial charge in [0.25, 0.3) is 0 Å². The number of hydrogen-bond acceptors (Lipinski definition) is 2. The highest BCUT2D eigenvalue weighted by Gasteiger charge is 2.41. The highest BCUT2D eigenvalue weighted by Crippen LogP contribution is 2.50. The molecule has 1 aromatic carbocycles. The molecule has 2 nitrogen and oxygen atoms in total. The summed E-state index contributed by atoms with van der Waals surface area (Å²) < 4.78 is 44.0. The van der Waals surface area contributed by atoms with Gasteiger partial charge in [0.1, 0.15) is 19.0 Å². The summed E-state index contributed by atoms with van der Waals surface area (Å²) in [6.07, 6.45) is 0.725. The Bertz CT molecular complexity index is 411. The molecule has 17 heavy (non-hydrogen) atoms. The normalized spacial score (nSPS) is 22.6. The fourth-order valence-electron chi connectivity index (χ4n) is 2.03. The Balaban J connectivity index is 2.29. The fourth-order valence-corrected chi connectivity index (χ4v) is 2.03. The lowest BCUT2D eigenvalue weighted by atomic mass is 10.1. The van der Waals surface area contributed by atoms with Gasteiger partial charge < -0.3 is 10.5 Å². The summed E-state index contributed by atoms with van der Waals surface area (Å²) in [4.78, 5) is 0. The van der Waals surface area contributed by atoms with Crippen LogP contribution in [0.3, 0.4) is 0 Å². The first-order valence-electron chi connectivity index (χ1n) is 5.55. The SMILES string of the molecule is NCC1CC1c1c(OCCF)ccc(F)c1F. The van der Waals surface area contributed by atoms with Crippen molar-refractivity contribution in [1.29, 1.82) is 0 Å². The van der Waals surface area contributed by atoms with Crippen LogP contribution in [0, 0.1) is 17.6 Å². The predicted octanol–water partition coefficient (Wildman–Crippen LogP) is 2.38.